The van der Waals surface area contributed by atoms with Gasteiger partial charge in [0.15, 0.2) is 0 Å². The molecular weight excluding hydrogens is 270 g/mol. The lowest BCUT2D eigenvalue weighted by atomic mass is 10.3. The minimum Gasteiger partial charge on any atom is -0.330 e. The van der Waals surface area contributed by atoms with Gasteiger partial charge in [-0.05, 0) is 32.9 Å². The van der Waals surface area contributed by atoms with E-state index >= 15 is 0 Å². The average Bonchev–Trinajstić information content (AvgIpc) is 2.82. The Morgan fingerprint density at radius 1 is 1.33 bits per heavy atom. The molecule has 7 nitrogen and oxygen atoms in total. The maximum Gasteiger partial charge on any atom is 0.331 e. The highest BCUT2D eigenvalue weighted by atomic mass is 16.2. The zero-order valence-electron chi connectivity index (χ0n) is 12.5. The number of rotatable bonds is 6. The predicted octanol–water partition coefficient (Wildman–Crippen LogP) is -0.0681. The van der Waals surface area contributed by atoms with Gasteiger partial charge in [0.05, 0.1) is 17.9 Å². The minimum atomic E-state index is -0.308. The van der Waals surface area contributed by atoms with Crippen LogP contribution in [0.3, 0.4) is 0 Å². The Kier molecular flexibility index (Phi) is 4.74. The van der Waals surface area contributed by atoms with Gasteiger partial charge in [0, 0.05) is 25.4 Å². The van der Waals surface area contributed by atoms with Gasteiger partial charge in [-0.3, -0.25) is 18.6 Å². The summed E-state index contributed by atoms with van der Waals surface area (Å²) in [5.41, 5.74) is 6.71. The summed E-state index contributed by atoms with van der Waals surface area (Å²) in [6.45, 7) is 5.85. The van der Waals surface area contributed by atoms with Gasteiger partial charge in [0.25, 0.3) is 5.56 Å². The van der Waals surface area contributed by atoms with Gasteiger partial charge in [0.2, 0.25) is 0 Å². The second-order valence-electron chi connectivity index (χ2n) is 4.95. The Labute approximate surface area is 122 Å². The molecule has 2 rings (SSSR count). The van der Waals surface area contributed by atoms with E-state index in [4.69, 9.17) is 5.73 Å². The molecule has 2 aromatic heterocycles. The van der Waals surface area contributed by atoms with Gasteiger partial charge in [0.1, 0.15) is 0 Å². The van der Waals surface area contributed by atoms with Gasteiger partial charge < -0.3 is 5.73 Å². The van der Waals surface area contributed by atoms with Crippen LogP contribution in [0.5, 0.6) is 0 Å². The summed E-state index contributed by atoms with van der Waals surface area (Å²) >= 11 is 0. The standard InChI is InChI=1S/C14H21N5O2/c1-3-19-12(9-11(2)16-19)10-17-8-5-13(20)18(14(17)21)7-4-6-15/h5,8-9H,3-4,6-7,10,15H2,1-2H3. The molecule has 2 N–H and O–H groups in total. The molecule has 0 saturated heterocycles. The number of hydrogen-bond donors (Lipinski definition) is 1. The smallest absolute Gasteiger partial charge is 0.330 e. The molecule has 0 aliphatic heterocycles. The van der Waals surface area contributed by atoms with Gasteiger partial charge in [-0.1, -0.05) is 0 Å². The molecule has 114 valence electrons. The molecule has 2 heterocycles. The van der Waals surface area contributed by atoms with E-state index in [0.29, 0.717) is 26.1 Å². The Bertz CT molecular complexity index is 726. The molecule has 0 aromatic carbocycles. The molecule has 0 fully saturated rings. The molecule has 0 spiro atoms. The molecular formula is C14H21N5O2. The number of aromatic nitrogens is 4. The van der Waals surface area contributed by atoms with Crippen molar-refractivity contribution >= 4 is 0 Å². The van der Waals surface area contributed by atoms with E-state index in [9.17, 15) is 9.59 Å². The Hall–Kier alpha value is -2.15. The molecule has 0 aliphatic rings. The highest BCUT2D eigenvalue weighted by Crippen LogP contribution is 2.04. The lowest BCUT2D eigenvalue weighted by Crippen LogP contribution is -2.39. The third kappa shape index (κ3) is 3.30. The summed E-state index contributed by atoms with van der Waals surface area (Å²) in [7, 11) is 0. The van der Waals surface area contributed by atoms with Gasteiger partial charge >= 0.3 is 5.69 Å². The molecule has 21 heavy (non-hydrogen) atoms. The molecule has 0 unspecified atom stereocenters. The maximum absolute atomic E-state index is 12.4. The molecule has 2 aromatic rings. The lowest BCUT2D eigenvalue weighted by molar-refractivity contribution is 0.535. The first-order chi connectivity index (χ1) is 10.1. The zero-order chi connectivity index (χ0) is 15.4. The van der Waals surface area contributed by atoms with E-state index in [1.807, 2.05) is 24.6 Å². The number of aryl methyl sites for hydroxylation is 2. The Balaban J connectivity index is 2.36. The van der Waals surface area contributed by atoms with Crippen LogP contribution in [0.2, 0.25) is 0 Å². The van der Waals surface area contributed by atoms with Crippen LogP contribution < -0.4 is 17.0 Å². The summed E-state index contributed by atoms with van der Waals surface area (Å²) in [5.74, 6) is 0. The first kappa shape index (κ1) is 15.2. The van der Waals surface area contributed by atoms with Gasteiger partial charge in [-0.25, -0.2) is 4.79 Å². The van der Waals surface area contributed by atoms with Crippen LogP contribution >= 0.6 is 0 Å². The average molecular weight is 291 g/mol. The van der Waals surface area contributed by atoms with Crippen molar-refractivity contribution in [2.75, 3.05) is 6.54 Å². The van der Waals surface area contributed by atoms with E-state index in [0.717, 1.165) is 17.9 Å². The van der Waals surface area contributed by atoms with Crippen molar-refractivity contribution in [2.45, 2.75) is 39.9 Å². The Morgan fingerprint density at radius 3 is 2.76 bits per heavy atom. The van der Waals surface area contributed by atoms with Crippen LogP contribution in [-0.2, 0) is 19.6 Å². The predicted molar refractivity (Wildman–Crippen MR) is 80.4 cm³/mol. The third-order valence-electron chi connectivity index (χ3n) is 3.34. The monoisotopic (exact) mass is 291 g/mol. The fraction of sp³-hybridized carbons (Fsp3) is 0.500. The van der Waals surface area contributed by atoms with E-state index in [1.54, 1.807) is 0 Å². The van der Waals surface area contributed by atoms with Crippen molar-refractivity contribution in [1.82, 2.24) is 18.9 Å². The number of nitrogens with zero attached hydrogens (tertiary/aromatic N) is 4. The molecule has 0 amide bonds. The van der Waals surface area contributed by atoms with Crippen LogP contribution in [0.1, 0.15) is 24.7 Å². The lowest BCUT2D eigenvalue weighted by Gasteiger charge is -2.10. The van der Waals surface area contributed by atoms with Crippen LogP contribution in [-0.4, -0.2) is 25.5 Å². The van der Waals surface area contributed by atoms with Crippen LogP contribution in [0.25, 0.3) is 0 Å². The first-order valence-electron chi connectivity index (χ1n) is 7.10. The van der Waals surface area contributed by atoms with E-state index in [-0.39, 0.29) is 11.2 Å². The summed E-state index contributed by atoms with van der Waals surface area (Å²) in [6, 6.07) is 3.36. The number of nitrogens with two attached hydrogens (primary N) is 1. The minimum absolute atomic E-state index is 0.287. The van der Waals surface area contributed by atoms with E-state index < -0.39 is 0 Å². The Morgan fingerprint density at radius 2 is 2.10 bits per heavy atom. The topological polar surface area (TPSA) is 87.8 Å². The van der Waals surface area contributed by atoms with Crippen LogP contribution in [0.15, 0.2) is 27.9 Å². The first-order valence-corrected chi connectivity index (χ1v) is 7.10. The van der Waals surface area contributed by atoms with Crippen molar-refractivity contribution < 1.29 is 0 Å². The second kappa shape index (κ2) is 6.53. The van der Waals surface area contributed by atoms with Crippen molar-refractivity contribution in [2.24, 2.45) is 5.73 Å². The van der Waals surface area contributed by atoms with Gasteiger partial charge in [-0.2, -0.15) is 5.10 Å². The van der Waals surface area contributed by atoms with Crippen LogP contribution in [0.4, 0.5) is 0 Å². The zero-order valence-corrected chi connectivity index (χ0v) is 12.5. The van der Waals surface area contributed by atoms with Gasteiger partial charge in [-0.15, -0.1) is 0 Å². The largest absolute Gasteiger partial charge is 0.331 e. The van der Waals surface area contributed by atoms with E-state index in [1.165, 1.54) is 21.4 Å². The highest BCUT2D eigenvalue weighted by Gasteiger charge is 2.09. The summed E-state index contributed by atoms with van der Waals surface area (Å²) in [4.78, 5) is 24.1. The molecule has 7 heteroatoms. The molecule has 0 atom stereocenters. The SMILES string of the molecule is CCn1nc(C)cc1Cn1ccc(=O)n(CCCN)c1=O. The van der Waals surface area contributed by atoms with Crippen molar-refractivity contribution in [1.29, 1.82) is 0 Å². The molecule has 0 radical (unpaired) electrons. The molecule has 0 aliphatic carbocycles. The molecule has 0 bridgehead atoms. The highest BCUT2D eigenvalue weighted by molar-refractivity contribution is 5.09. The normalized spacial score (nSPS) is 11.0. The van der Waals surface area contributed by atoms with E-state index in [2.05, 4.69) is 5.10 Å². The quantitative estimate of drug-likeness (QED) is 0.807. The fourth-order valence-electron chi connectivity index (χ4n) is 2.31. The number of hydrogen-bond acceptors (Lipinski definition) is 4. The van der Waals surface area contributed by atoms with Crippen molar-refractivity contribution in [3.8, 4) is 0 Å². The second-order valence-corrected chi connectivity index (χ2v) is 4.95. The summed E-state index contributed by atoms with van der Waals surface area (Å²) < 4.78 is 4.62. The van der Waals surface area contributed by atoms with Crippen LogP contribution in [0, 0.1) is 6.92 Å². The third-order valence-corrected chi connectivity index (χ3v) is 3.34. The van der Waals surface area contributed by atoms with Crippen molar-refractivity contribution in [3.05, 3.63) is 50.6 Å². The maximum atomic E-state index is 12.4. The molecule has 0 saturated carbocycles. The summed E-state index contributed by atoms with van der Waals surface area (Å²) in [6.07, 6.45) is 2.14. The van der Waals surface area contributed by atoms with Crippen molar-refractivity contribution in [3.63, 3.8) is 0 Å². The fourth-order valence-corrected chi connectivity index (χ4v) is 2.31. The summed E-state index contributed by atoms with van der Waals surface area (Å²) in [5, 5.41) is 4.36.